The van der Waals surface area contributed by atoms with Gasteiger partial charge in [0.15, 0.2) is 17.9 Å². The van der Waals surface area contributed by atoms with Crippen LogP contribution >= 0.6 is 11.8 Å². The van der Waals surface area contributed by atoms with Crippen LogP contribution in [0, 0.1) is 5.92 Å². The van der Waals surface area contributed by atoms with Crippen molar-refractivity contribution in [3.63, 3.8) is 0 Å². The van der Waals surface area contributed by atoms with Gasteiger partial charge in [-0.1, -0.05) is 56.3 Å². The van der Waals surface area contributed by atoms with Gasteiger partial charge in [0.05, 0.1) is 25.3 Å². The molecule has 2 saturated heterocycles. The Kier molecular flexibility index (Phi) is 38.6. The number of carbonyl (C=O) groups excluding carboxylic acids is 13. The number of nitrogens with two attached hydrogens (primary N) is 8. The predicted molar refractivity (Wildman–Crippen MR) is 396 cm³/mol. The van der Waals surface area contributed by atoms with Crippen LogP contribution in [0.15, 0.2) is 69.6 Å². The van der Waals surface area contributed by atoms with Crippen molar-refractivity contribution < 1.29 is 77.3 Å². The van der Waals surface area contributed by atoms with Crippen LogP contribution in [0.5, 0.6) is 5.75 Å². The number of carbonyl (C=O) groups is 14. The van der Waals surface area contributed by atoms with Crippen LogP contribution in [-0.2, 0) is 80.0 Å². The number of fused-ring (bicyclic) bond motifs is 1. The summed E-state index contributed by atoms with van der Waals surface area (Å²) in [6, 6.07) is -0.743. The molecule has 39 nitrogen and oxygen atoms in total. The van der Waals surface area contributed by atoms with Crippen molar-refractivity contribution in [3.05, 3.63) is 65.7 Å². The topological polar surface area (TPSA) is 660 Å². The first-order valence-corrected chi connectivity index (χ1v) is 36.3. The van der Waals surface area contributed by atoms with Crippen LogP contribution < -0.4 is 104 Å². The number of primary amides is 1. The van der Waals surface area contributed by atoms with Gasteiger partial charge in [-0.05, 0) is 119 Å². The highest BCUT2D eigenvalue weighted by Gasteiger charge is 2.41. The number of phenols is 1. The summed E-state index contributed by atoms with van der Waals surface area (Å²) in [7, 11) is 0. The highest BCUT2D eigenvalue weighted by Crippen LogP contribution is 2.22. The normalized spacial score (nSPS) is 22.9. The number of hydrogen-bond donors (Lipinski definition) is 21. The number of amides is 13. The van der Waals surface area contributed by atoms with Crippen molar-refractivity contribution in [1.29, 1.82) is 0 Å². The smallest absolute Gasteiger partial charge is 0.305 e. The number of carboxylic acids is 1. The quantitative estimate of drug-likeness (QED) is 0.0236. The molecule has 10 atom stereocenters. The van der Waals surface area contributed by atoms with E-state index in [9.17, 15) is 63.0 Å². The lowest BCUT2D eigenvalue weighted by molar-refractivity contribution is -0.143. The van der Waals surface area contributed by atoms with E-state index in [-0.39, 0.29) is 151 Å². The van der Waals surface area contributed by atoms with E-state index in [1.807, 2.05) is 0 Å². The zero-order valence-electron chi connectivity index (χ0n) is 60.2. The van der Waals surface area contributed by atoms with Crippen LogP contribution in [0.4, 0.5) is 0 Å². The van der Waals surface area contributed by atoms with Crippen molar-refractivity contribution >= 4 is 112 Å². The summed E-state index contributed by atoms with van der Waals surface area (Å²) in [5.41, 5.74) is 45.9. The molecular formula is C67H105N23O16S. The van der Waals surface area contributed by atoms with Crippen molar-refractivity contribution in [2.75, 3.05) is 57.3 Å². The van der Waals surface area contributed by atoms with Gasteiger partial charge >= 0.3 is 5.97 Å². The molecule has 0 radical (unpaired) electrons. The lowest BCUT2D eigenvalue weighted by Crippen LogP contribution is -2.60. The van der Waals surface area contributed by atoms with Crippen LogP contribution in [0.25, 0.3) is 0 Å². The molecule has 0 saturated carbocycles. The van der Waals surface area contributed by atoms with E-state index < -0.39 is 168 Å². The Morgan fingerprint density at radius 1 is 0.505 bits per heavy atom. The maximum Gasteiger partial charge on any atom is 0.305 e. The Balaban J connectivity index is 1.86. The number of nitrogens with zero attached hydrogens (tertiary/aromatic N) is 4. The summed E-state index contributed by atoms with van der Waals surface area (Å²) >= 11 is 0.814. The Hall–Kier alpha value is -11.1. The van der Waals surface area contributed by atoms with E-state index in [0.29, 0.717) is 24.0 Å². The molecule has 590 valence electrons. The van der Waals surface area contributed by atoms with Crippen LogP contribution in [0.2, 0.25) is 0 Å². The Morgan fingerprint density at radius 3 is 1.52 bits per heavy atom. The van der Waals surface area contributed by atoms with Gasteiger partial charge in [0.25, 0.3) is 0 Å². The first-order valence-electron chi connectivity index (χ1n) is 35.2. The van der Waals surface area contributed by atoms with Gasteiger partial charge in [0.2, 0.25) is 76.8 Å². The van der Waals surface area contributed by atoms with Gasteiger partial charge in [-0.2, -0.15) is 0 Å². The SMILES string of the molecule is CC(C)C[C@@H]1NC(=O)[C@H](Cc2ccc(O)cc2)NC(=O)CSC[C@@H](C(N)=O)NC(=O)CNC(=O)CNC(=O)[C@H](CCCN=C(N)N)NC(=O)[C@H](CC(=O)O)NC(=O)[C@H](CCCCN)NC(=O)[C@@H]2CCCN2C(=O)[C@H](CCCN=C(N)N)NC(=O)[C@H](Cc2ccccc2)NC(=O)[C@H](CCCCN=C(N)N)NC1=O. The van der Waals surface area contributed by atoms with E-state index in [1.54, 1.807) is 44.2 Å². The zero-order valence-corrected chi connectivity index (χ0v) is 61.0. The monoisotopic (exact) mass is 1520 g/mol. The average molecular weight is 1520 g/mol. The van der Waals surface area contributed by atoms with E-state index in [1.165, 1.54) is 29.2 Å². The van der Waals surface area contributed by atoms with Crippen molar-refractivity contribution in [1.82, 2.24) is 63.4 Å². The third-order valence-electron chi connectivity index (χ3n) is 16.7. The average Bonchev–Trinajstić information content (AvgIpc) is 1.67. The molecule has 4 rings (SSSR count). The minimum Gasteiger partial charge on any atom is -0.508 e. The molecular weight excluding hydrogens is 1410 g/mol. The third-order valence-corrected chi connectivity index (χ3v) is 17.8. The summed E-state index contributed by atoms with van der Waals surface area (Å²) < 4.78 is 0. The van der Waals surface area contributed by atoms with Gasteiger partial charge in [0, 0.05) is 44.8 Å². The molecule has 0 unspecified atom stereocenters. The summed E-state index contributed by atoms with van der Waals surface area (Å²) in [6.45, 7) is 2.08. The van der Waals surface area contributed by atoms with Crippen molar-refractivity contribution in [3.8, 4) is 5.75 Å². The fourth-order valence-electron chi connectivity index (χ4n) is 11.3. The van der Waals surface area contributed by atoms with Crippen LogP contribution in [0.1, 0.15) is 115 Å². The second-order valence-corrected chi connectivity index (χ2v) is 27.1. The number of guanidine groups is 3. The third kappa shape index (κ3) is 33.7. The number of rotatable bonds is 26. The maximum atomic E-state index is 15.1. The van der Waals surface area contributed by atoms with Crippen molar-refractivity contribution in [2.24, 2.45) is 66.8 Å². The van der Waals surface area contributed by atoms with E-state index >= 15 is 14.4 Å². The van der Waals surface area contributed by atoms with Gasteiger partial charge in [-0.25, -0.2) is 0 Å². The van der Waals surface area contributed by atoms with E-state index in [4.69, 9.17) is 45.9 Å². The number of carboxylic acid groups (broad SMARTS) is 1. The summed E-state index contributed by atoms with van der Waals surface area (Å²) in [5, 5.41) is 48.2. The zero-order chi connectivity index (χ0) is 79.1. The first-order chi connectivity index (χ1) is 50.8. The molecule has 0 aliphatic carbocycles. The molecule has 40 heteroatoms. The first kappa shape index (κ1) is 88.3. The van der Waals surface area contributed by atoms with Gasteiger partial charge < -0.3 is 119 Å². The fraction of sp³-hybridized carbons (Fsp3) is 0.567. The van der Waals surface area contributed by atoms with Gasteiger partial charge in [0.1, 0.15) is 66.2 Å². The predicted octanol–water partition coefficient (Wildman–Crippen LogP) is -6.80. The molecule has 2 aliphatic rings. The molecule has 2 aliphatic heterocycles. The number of aliphatic imine (C=N–C) groups is 3. The molecule has 2 fully saturated rings. The second kappa shape index (κ2) is 46.7. The maximum absolute atomic E-state index is 15.1. The lowest BCUT2D eigenvalue weighted by atomic mass is 9.99. The standard InChI is InChI=1S/C67H105N23O16S/c1-37(2)29-45-59(101)84-42(16-7-9-25-76-65(70)71)57(99)88-47(30-38-13-4-3-5-14-38)61(103)86-44(18-11-27-78-67(74)75)64(106)90-28-12-19-50(90)63(105)85-43(15-6-8-24-68)58(100)89-48(32-54(95)96)62(104)83-41(17-10-26-77-66(72)73)56(98)80-33-51(92)79-34-52(93)82-49(55(69)97)35-107-36-53(94)81-46(60(102)87-45)31-39-20-22-40(91)23-21-39/h3-5,13-14,20-23,37,41-50,91H,6-12,15-19,24-36,68H2,1-2H3,(H2,69,97)(H,79,92)(H,80,98)(H,81,94)(H,82,93)(H,83,104)(H,84,101)(H,85,105)(H,86,103)(H,87,102)(H,88,99)(H,89,100)(H,95,96)(H4,70,71,76)(H4,72,73,77)(H4,74,75,78)/t41-,42-,43-,44-,45-,46-,47-,48-,49-,50-/m0/s1. The molecule has 2 aromatic rings. The highest BCUT2D eigenvalue weighted by molar-refractivity contribution is 8.00. The fourth-order valence-corrected chi connectivity index (χ4v) is 12.2. The number of phenolic OH excluding ortho intramolecular Hbond substituents is 1. The van der Waals surface area contributed by atoms with Gasteiger partial charge in [-0.15, -0.1) is 11.8 Å². The summed E-state index contributed by atoms with van der Waals surface area (Å²) in [6.07, 6.45) is -0.629. The largest absolute Gasteiger partial charge is 0.508 e. The summed E-state index contributed by atoms with van der Waals surface area (Å²) in [5.74, 6) is -15.6. The Morgan fingerprint density at radius 2 is 0.963 bits per heavy atom. The minimum atomic E-state index is -1.92. The molecule has 13 amide bonds. The second-order valence-electron chi connectivity index (χ2n) is 26.0. The minimum absolute atomic E-state index is 0.0147. The highest BCUT2D eigenvalue weighted by atomic mass is 32.2. The number of hydrogen-bond acceptors (Lipinski definition) is 20. The Bertz CT molecular complexity index is 3450. The lowest BCUT2D eigenvalue weighted by Gasteiger charge is -2.31. The van der Waals surface area contributed by atoms with Crippen LogP contribution in [-0.4, -0.2) is 233 Å². The van der Waals surface area contributed by atoms with Crippen molar-refractivity contribution in [2.45, 2.75) is 177 Å². The van der Waals surface area contributed by atoms with E-state index in [0.717, 1.165) is 11.8 Å². The number of nitrogens with one attached hydrogen (secondary N) is 11. The summed E-state index contributed by atoms with van der Waals surface area (Å²) in [4.78, 5) is 210. The molecule has 29 N–H and O–H groups in total. The number of benzene rings is 2. The molecule has 2 heterocycles. The molecule has 2 aromatic carbocycles. The van der Waals surface area contributed by atoms with E-state index in [2.05, 4.69) is 73.5 Å². The number of aliphatic carboxylic acids is 1. The number of thioether (sulfide) groups is 1. The molecule has 0 spiro atoms. The molecule has 107 heavy (non-hydrogen) atoms. The molecule has 0 aromatic heterocycles. The number of unbranched alkanes of at least 4 members (excludes halogenated alkanes) is 2. The Labute approximate surface area is 623 Å². The number of aromatic hydroxyl groups is 1. The molecule has 0 bridgehead atoms. The van der Waals surface area contributed by atoms with Gasteiger partial charge in [-0.3, -0.25) is 82.1 Å². The van der Waals surface area contributed by atoms with Crippen LogP contribution in [0.3, 0.4) is 0 Å².